The van der Waals surface area contributed by atoms with Crippen LogP contribution >= 0.6 is 0 Å². The van der Waals surface area contributed by atoms with Crippen LogP contribution in [0.1, 0.15) is 44.1 Å². The van der Waals surface area contributed by atoms with Gasteiger partial charge in [0.25, 0.3) is 0 Å². The van der Waals surface area contributed by atoms with Gasteiger partial charge in [-0.3, -0.25) is 62.4 Å². The highest BCUT2D eigenvalue weighted by Crippen LogP contribution is 2.12. The third-order valence-electron chi connectivity index (χ3n) is 8.00. The Balaban J connectivity index is 2.55. The van der Waals surface area contributed by atoms with Crippen molar-refractivity contribution in [3.8, 4) is 5.75 Å². The maximum absolute atomic E-state index is 12.7. The van der Waals surface area contributed by atoms with E-state index in [4.69, 9.17) is 5.11 Å². The van der Waals surface area contributed by atoms with Gasteiger partial charge < -0.3 is 51.5 Å². The van der Waals surface area contributed by atoms with E-state index in [2.05, 4.69) is 21.3 Å². The van der Waals surface area contributed by atoms with Gasteiger partial charge in [0, 0.05) is 38.6 Å². The Hall–Kier alpha value is -6.78. The fourth-order valence-electron chi connectivity index (χ4n) is 5.10. The minimum Gasteiger partial charge on any atom is -0.508 e. The molecule has 6 amide bonds. The molecule has 1 aromatic rings. The molecule has 0 saturated heterocycles. The molecule has 324 valence electrons. The number of phenols is 1. The molecule has 59 heavy (non-hydrogen) atoms. The van der Waals surface area contributed by atoms with E-state index in [1.807, 2.05) is 0 Å². The van der Waals surface area contributed by atoms with Crippen LogP contribution in [-0.2, 0) is 64.0 Å². The van der Waals surface area contributed by atoms with Crippen molar-refractivity contribution < 1.29 is 78.0 Å². The number of amides is 6. The van der Waals surface area contributed by atoms with Crippen LogP contribution in [0, 0.1) is 0 Å². The van der Waals surface area contributed by atoms with E-state index in [0.29, 0.717) is 16.9 Å². The molecule has 0 spiro atoms. The number of carbonyl (C=O) groups excluding carboxylic acids is 9. The number of ketones is 3. The predicted octanol–water partition coefficient (Wildman–Crippen LogP) is -3.71. The second-order valence-corrected chi connectivity index (χ2v) is 13.1. The predicted molar refractivity (Wildman–Crippen MR) is 200 cm³/mol. The average Bonchev–Trinajstić information content (AvgIpc) is 3.15. The lowest BCUT2D eigenvalue weighted by Gasteiger charge is -2.21. The number of nitrogens with one attached hydrogen (secondary N) is 4. The van der Waals surface area contributed by atoms with Gasteiger partial charge in [-0.15, -0.1) is 0 Å². The van der Waals surface area contributed by atoms with Crippen LogP contribution in [0.15, 0.2) is 24.3 Å². The number of hydrogen-bond donors (Lipinski definition) is 8. The quantitative estimate of drug-likeness (QED) is 0.0263. The second-order valence-electron chi connectivity index (χ2n) is 13.1. The minimum atomic E-state index is -1.51. The molecule has 1 aromatic carbocycles. The summed E-state index contributed by atoms with van der Waals surface area (Å²) in [4.78, 5) is 147. The lowest BCUT2D eigenvalue weighted by atomic mass is 9.99. The van der Waals surface area contributed by atoms with E-state index in [9.17, 15) is 72.9 Å². The monoisotopic (exact) mass is 835 g/mol. The number of aliphatic carboxylic acids is 3. The number of hydrogen-bond acceptors (Lipinski definition) is 14. The number of Topliss-reactive ketones (excluding diaryl/α,β-unsaturated/α-hetero) is 3. The van der Waals surface area contributed by atoms with Crippen LogP contribution in [0.5, 0.6) is 5.75 Å². The summed E-state index contributed by atoms with van der Waals surface area (Å²) in [6, 6.07) is 4.91. The van der Waals surface area contributed by atoms with Crippen LogP contribution in [0.3, 0.4) is 0 Å². The zero-order chi connectivity index (χ0) is 44.5. The van der Waals surface area contributed by atoms with Gasteiger partial charge in [-0.1, -0.05) is 12.1 Å². The van der Waals surface area contributed by atoms with Crippen LogP contribution < -0.4 is 21.3 Å². The summed E-state index contributed by atoms with van der Waals surface area (Å²) < 4.78 is 0. The van der Waals surface area contributed by atoms with Gasteiger partial charge >= 0.3 is 17.9 Å². The number of nitrogens with zero attached hydrogens (tertiary/aromatic N) is 3. The van der Waals surface area contributed by atoms with Crippen LogP contribution in [0.4, 0.5) is 0 Å². The molecule has 0 bridgehead atoms. The van der Waals surface area contributed by atoms with Gasteiger partial charge in [0.2, 0.25) is 35.9 Å². The normalized spacial score (nSPS) is 11.0. The zero-order valence-electron chi connectivity index (χ0n) is 32.3. The highest BCUT2D eigenvalue weighted by molar-refractivity contribution is 5.94. The Labute approximate surface area is 337 Å². The largest absolute Gasteiger partial charge is 0.508 e. The fraction of sp³-hybridized carbons (Fsp3) is 0.500. The molecule has 1 atom stereocenters. The molecule has 8 N–H and O–H groups in total. The Morgan fingerprint density at radius 3 is 1.78 bits per heavy atom. The number of carboxylic acid groups (broad SMARTS) is 3. The fourth-order valence-corrected chi connectivity index (χ4v) is 5.10. The number of carbonyl (C=O) groups is 12. The molecular weight excluding hydrogens is 786 g/mol. The van der Waals surface area contributed by atoms with Crippen molar-refractivity contribution >= 4 is 71.2 Å². The van der Waals surface area contributed by atoms with Gasteiger partial charge in [0.05, 0.1) is 38.8 Å². The van der Waals surface area contributed by atoms with E-state index in [1.54, 1.807) is 12.1 Å². The van der Waals surface area contributed by atoms with Crippen molar-refractivity contribution in [2.45, 2.75) is 51.0 Å². The molecule has 23 nitrogen and oxygen atoms in total. The number of likely N-dealkylation sites (N-methyl/N-ethyl adjacent to an activating group) is 1. The zero-order valence-corrected chi connectivity index (χ0v) is 32.3. The first kappa shape index (κ1) is 50.2. The van der Waals surface area contributed by atoms with E-state index in [0.717, 1.165) is 4.90 Å². The summed E-state index contributed by atoms with van der Waals surface area (Å²) >= 11 is 0. The van der Waals surface area contributed by atoms with Crippen LogP contribution in [0.25, 0.3) is 0 Å². The molecular formula is C36H49N7O16. The molecule has 0 aromatic heterocycles. The first-order valence-electron chi connectivity index (χ1n) is 18.0. The summed E-state index contributed by atoms with van der Waals surface area (Å²) in [6.07, 6.45) is -1.34. The first-order valence-corrected chi connectivity index (χ1v) is 18.0. The standard InChI is InChI=1S/C36H49N7O16/c1-41(19-34(54)55)17-30(50)37-12-2-3-26(47)16-42(20-35(56)57)32(52)11-8-25(46)14-38-31(51)18-43(21-36(58)59)33(53)15-39-29(49)10-9-28(48)27(40-22-44)13-23-4-6-24(45)7-5-23/h4-7,22,27,45H,2-3,8-21H2,1H3,(H,37,50)(H,38,51)(H,39,49)(H,40,44)(H,54,55)(H,56,57)(H,58,59)/t27-/m0/s1. The highest BCUT2D eigenvalue weighted by Gasteiger charge is 2.24. The third-order valence-corrected chi connectivity index (χ3v) is 8.00. The van der Waals surface area contributed by atoms with Gasteiger partial charge in [0.1, 0.15) is 25.4 Å². The van der Waals surface area contributed by atoms with Crippen molar-refractivity contribution in [1.82, 2.24) is 36.0 Å². The number of rotatable bonds is 31. The van der Waals surface area contributed by atoms with Crippen molar-refractivity contribution in [3.63, 3.8) is 0 Å². The van der Waals surface area contributed by atoms with Crippen molar-refractivity contribution in [1.29, 1.82) is 0 Å². The van der Waals surface area contributed by atoms with E-state index in [-0.39, 0.29) is 51.1 Å². The van der Waals surface area contributed by atoms with Gasteiger partial charge in [-0.05, 0) is 37.6 Å². The lowest BCUT2D eigenvalue weighted by Crippen LogP contribution is -2.47. The number of phenolic OH excluding ortho intramolecular Hbond substituents is 1. The Morgan fingerprint density at radius 1 is 0.610 bits per heavy atom. The molecule has 23 heteroatoms. The van der Waals surface area contributed by atoms with Gasteiger partial charge in [-0.25, -0.2) is 0 Å². The van der Waals surface area contributed by atoms with Crippen LogP contribution in [-0.4, -0.2) is 178 Å². The Bertz CT molecular complexity index is 1700. The number of aromatic hydroxyl groups is 1. The molecule has 0 heterocycles. The van der Waals surface area contributed by atoms with Crippen molar-refractivity contribution in [2.24, 2.45) is 0 Å². The molecule has 0 fully saturated rings. The van der Waals surface area contributed by atoms with E-state index >= 15 is 0 Å². The topological polar surface area (TPSA) is 344 Å². The van der Waals surface area contributed by atoms with E-state index < -0.39 is 129 Å². The van der Waals surface area contributed by atoms with Gasteiger partial charge in [-0.2, -0.15) is 0 Å². The summed E-state index contributed by atoms with van der Waals surface area (Å²) in [7, 11) is 1.43. The van der Waals surface area contributed by atoms with E-state index in [1.165, 1.54) is 24.1 Å². The lowest BCUT2D eigenvalue weighted by molar-refractivity contribution is -0.146. The third kappa shape index (κ3) is 23.1. The van der Waals surface area contributed by atoms with Crippen molar-refractivity contribution in [3.05, 3.63) is 29.8 Å². The SMILES string of the molecule is CN(CC(=O)O)CC(=O)NCCCC(=O)CN(CC(=O)O)C(=O)CCC(=O)CNC(=O)CN(CC(=O)O)C(=O)CNC(=O)CCC(=O)[C@H](Cc1ccc(O)cc1)NC=O. The number of carboxylic acids is 3. The summed E-state index contributed by atoms with van der Waals surface area (Å²) in [5, 5.41) is 45.9. The molecule has 0 aliphatic heterocycles. The summed E-state index contributed by atoms with van der Waals surface area (Å²) in [6.45, 7) is -5.17. The van der Waals surface area contributed by atoms with Crippen LogP contribution in [0.2, 0.25) is 0 Å². The first-order chi connectivity index (χ1) is 27.8. The molecule has 0 radical (unpaired) electrons. The summed E-state index contributed by atoms with van der Waals surface area (Å²) in [5.74, 6) is -9.87. The maximum Gasteiger partial charge on any atom is 0.323 e. The maximum atomic E-state index is 12.7. The Kier molecular flexibility index (Phi) is 23.0. The molecule has 0 aliphatic rings. The molecule has 0 unspecified atom stereocenters. The minimum absolute atomic E-state index is 0.00137. The Morgan fingerprint density at radius 2 is 1.19 bits per heavy atom. The van der Waals surface area contributed by atoms with Crippen molar-refractivity contribution in [2.75, 3.05) is 66.0 Å². The van der Waals surface area contributed by atoms with Gasteiger partial charge in [0.15, 0.2) is 17.3 Å². The number of benzene rings is 1. The smallest absolute Gasteiger partial charge is 0.323 e. The highest BCUT2D eigenvalue weighted by atomic mass is 16.4. The summed E-state index contributed by atoms with van der Waals surface area (Å²) in [5.41, 5.74) is 0.621. The second kappa shape index (κ2) is 27.0. The molecule has 1 rings (SSSR count). The molecule has 0 saturated carbocycles. The molecule has 0 aliphatic carbocycles. The average molecular weight is 836 g/mol.